The molecule has 1 heterocycles. The number of benzene rings is 1. The molecule has 21 heavy (non-hydrogen) atoms. The van der Waals surface area contributed by atoms with E-state index in [4.69, 9.17) is 4.74 Å². The van der Waals surface area contributed by atoms with E-state index >= 15 is 0 Å². The fourth-order valence-electron chi connectivity index (χ4n) is 2.90. The molecule has 5 heteroatoms. The van der Waals surface area contributed by atoms with Crippen LogP contribution < -0.4 is 4.74 Å². The van der Waals surface area contributed by atoms with Gasteiger partial charge in [-0.2, -0.15) is 0 Å². The number of methoxy groups -OCH3 is 1. The number of carbonyl (C=O) groups excluding carboxylic acids is 1. The Kier molecular flexibility index (Phi) is 4.63. The molecular formula is C16H21NO4. The number of hydrogen-bond donors (Lipinski definition) is 1. The Morgan fingerprint density at radius 2 is 2.14 bits per heavy atom. The van der Waals surface area contributed by atoms with Crippen molar-refractivity contribution in [3.8, 4) is 5.75 Å². The van der Waals surface area contributed by atoms with Gasteiger partial charge in [0.25, 0.3) is 0 Å². The van der Waals surface area contributed by atoms with Crippen LogP contribution in [0.2, 0.25) is 0 Å². The number of carbonyl (C=O) groups is 2. The number of aliphatic carboxylic acids is 1. The molecule has 0 saturated carbocycles. The van der Waals surface area contributed by atoms with E-state index in [1.807, 2.05) is 13.0 Å². The van der Waals surface area contributed by atoms with Crippen LogP contribution in [-0.4, -0.2) is 41.5 Å². The summed E-state index contributed by atoms with van der Waals surface area (Å²) in [5, 5.41) is 9.19. The zero-order chi connectivity index (χ0) is 15.6. The van der Waals surface area contributed by atoms with Gasteiger partial charge in [0, 0.05) is 23.7 Å². The van der Waals surface area contributed by atoms with E-state index in [2.05, 4.69) is 4.90 Å². The molecule has 0 aliphatic carbocycles. The highest BCUT2D eigenvalue weighted by Crippen LogP contribution is 2.29. The maximum atomic E-state index is 11.5. The van der Waals surface area contributed by atoms with E-state index in [0.29, 0.717) is 18.5 Å². The Balaban J connectivity index is 2.21. The summed E-state index contributed by atoms with van der Waals surface area (Å²) in [6, 6.07) is 5.36. The number of ether oxygens (including phenoxy) is 1. The van der Waals surface area contributed by atoms with Gasteiger partial charge in [0.2, 0.25) is 0 Å². The van der Waals surface area contributed by atoms with E-state index in [1.54, 1.807) is 19.2 Å². The quantitative estimate of drug-likeness (QED) is 0.842. The standard InChI is InChI=1S/C16H21NO4/c1-10-14(16(19)20)6-7-17(10)9-13-8-12(11(2)18)4-5-15(13)21-3/h4-5,8,10,14H,6-7,9H2,1-3H3,(H,19,20). The second-order valence-electron chi connectivity index (χ2n) is 5.53. The maximum Gasteiger partial charge on any atom is 0.308 e. The minimum absolute atomic E-state index is 0.0109. The Bertz CT molecular complexity index is 555. The minimum atomic E-state index is -0.741. The van der Waals surface area contributed by atoms with Crippen molar-refractivity contribution in [1.29, 1.82) is 0 Å². The second kappa shape index (κ2) is 6.26. The van der Waals surface area contributed by atoms with Crippen LogP contribution in [0.1, 0.15) is 36.2 Å². The van der Waals surface area contributed by atoms with E-state index in [-0.39, 0.29) is 17.7 Å². The molecule has 2 unspecified atom stereocenters. The summed E-state index contributed by atoms with van der Waals surface area (Å²) in [5.74, 6) is -0.329. The molecule has 1 N–H and O–H groups in total. The fraction of sp³-hybridized carbons (Fsp3) is 0.500. The van der Waals surface area contributed by atoms with Crippen LogP contribution in [0.4, 0.5) is 0 Å². The first-order chi connectivity index (χ1) is 9.93. The number of likely N-dealkylation sites (tertiary alicyclic amines) is 1. The number of carboxylic acids is 1. The van der Waals surface area contributed by atoms with Gasteiger partial charge >= 0.3 is 5.97 Å². The molecule has 2 rings (SSSR count). The Labute approximate surface area is 124 Å². The molecule has 1 aromatic carbocycles. The number of hydrogen-bond acceptors (Lipinski definition) is 4. The highest BCUT2D eigenvalue weighted by molar-refractivity contribution is 5.94. The molecule has 1 fully saturated rings. The summed E-state index contributed by atoms with van der Waals surface area (Å²) in [6.45, 7) is 4.80. The van der Waals surface area contributed by atoms with Gasteiger partial charge in [0.05, 0.1) is 13.0 Å². The zero-order valence-electron chi connectivity index (χ0n) is 12.6. The van der Waals surface area contributed by atoms with E-state index in [9.17, 15) is 14.7 Å². The fourth-order valence-corrected chi connectivity index (χ4v) is 2.90. The van der Waals surface area contributed by atoms with Crippen LogP contribution in [0.3, 0.4) is 0 Å². The second-order valence-corrected chi connectivity index (χ2v) is 5.53. The van der Waals surface area contributed by atoms with Gasteiger partial charge in [-0.25, -0.2) is 0 Å². The smallest absolute Gasteiger partial charge is 0.308 e. The number of Topliss-reactive ketones (excluding diaryl/α,β-unsaturated/α-hetero) is 1. The number of carboxylic acid groups (broad SMARTS) is 1. The Morgan fingerprint density at radius 3 is 2.67 bits per heavy atom. The Morgan fingerprint density at radius 1 is 1.43 bits per heavy atom. The summed E-state index contributed by atoms with van der Waals surface area (Å²) in [7, 11) is 1.60. The number of nitrogens with zero attached hydrogens (tertiary/aromatic N) is 1. The number of ketones is 1. The van der Waals surface area contributed by atoms with Gasteiger partial charge in [-0.1, -0.05) is 0 Å². The molecule has 2 atom stereocenters. The van der Waals surface area contributed by atoms with Crippen molar-refractivity contribution in [2.24, 2.45) is 5.92 Å². The van der Waals surface area contributed by atoms with Crippen molar-refractivity contribution in [1.82, 2.24) is 4.90 Å². The van der Waals surface area contributed by atoms with Gasteiger partial charge in [-0.15, -0.1) is 0 Å². The highest BCUT2D eigenvalue weighted by atomic mass is 16.5. The lowest BCUT2D eigenvalue weighted by atomic mass is 10.0. The monoisotopic (exact) mass is 291 g/mol. The van der Waals surface area contributed by atoms with Crippen LogP contribution in [0.25, 0.3) is 0 Å². The van der Waals surface area contributed by atoms with Crippen molar-refractivity contribution in [2.75, 3.05) is 13.7 Å². The van der Waals surface area contributed by atoms with Crippen molar-refractivity contribution >= 4 is 11.8 Å². The lowest BCUT2D eigenvalue weighted by molar-refractivity contribution is -0.142. The molecule has 1 aliphatic rings. The predicted molar refractivity (Wildman–Crippen MR) is 78.6 cm³/mol. The lowest BCUT2D eigenvalue weighted by Gasteiger charge is -2.24. The summed E-state index contributed by atoms with van der Waals surface area (Å²) in [6.07, 6.45) is 0.658. The summed E-state index contributed by atoms with van der Waals surface area (Å²) >= 11 is 0. The van der Waals surface area contributed by atoms with Gasteiger partial charge in [-0.05, 0) is 45.0 Å². The molecular weight excluding hydrogens is 270 g/mol. The maximum absolute atomic E-state index is 11.5. The molecule has 1 aliphatic heterocycles. The van der Waals surface area contributed by atoms with Gasteiger partial charge in [0.15, 0.2) is 5.78 Å². The summed E-state index contributed by atoms with van der Waals surface area (Å²) < 4.78 is 5.35. The zero-order valence-corrected chi connectivity index (χ0v) is 12.6. The average Bonchev–Trinajstić information content (AvgIpc) is 2.80. The van der Waals surface area contributed by atoms with E-state index < -0.39 is 5.97 Å². The van der Waals surface area contributed by atoms with Crippen molar-refractivity contribution in [3.05, 3.63) is 29.3 Å². The van der Waals surface area contributed by atoms with E-state index in [0.717, 1.165) is 17.9 Å². The molecule has 0 radical (unpaired) electrons. The van der Waals surface area contributed by atoms with Crippen molar-refractivity contribution in [3.63, 3.8) is 0 Å². The van der Waals surface area contributed by atoms with Crippen LogP contribution in [0.15, 0.2) is 18.2 Å². The number of rotatable bonds is 5. The lowest BCUT2D eigenvalue weighted by Crippen LogP contribution is -2.32. The normalized spacial score (nSPS) is 22.2. The summed E-state index contributed by atoms with van der Waals surface area (Å²) in [4.78, 5) is 24.8. The van der Waals surface area contributed by atoms with Crippen LogP contribution >= 0.6 is 0 Å². The predicted octanol–water partition coefficient (Wildman–Crippen LogP) is 2.19. The largest absolute Gasteiger partial charge is 0.496 e. The molecule has 114 valence electrons. The third-order valence-corrected chi connectivity index (χ3v) is 4.26. The van der Waals surface area contributed by atoms with Gasteiger partial charge in [-0.3, -0.25) is 14.5 Å². The molecule has 5 nitrogen and oxygen atoms in total. The van der Waals surface area contributed by atoms with E-state index in [1.165, 1.54) is 6.92 Å². The van der Waals surface area contributed by atoms with Gasteiger partial charge in [0.1, 0.15) is 5.75 Å². The van der Waals surface area contributed by atoms with Crippen molar-refractivity contribution < 1.29 is 19.4 Å². The van der Waals surface area contributed by atoms with Crippen LogP contribution in [-0.2, 0) is 11.3 Å². The highest BCUT2D eigenvalue weighted by Gasteiger charge is 2.35. The topological polar surface area (TPSA) is 66.8 Å². The molecule has 0 spiro atoms. The molecule has 0 aromatic heterocycles. The van der Waals surface area contributed by atoms with Crippen LogP contribution in [0.5, 0.6) is 5.75 Å². The first-order valence-corrected chi connectivity index (χ1v) is 7.08. The minimum Gasteiger partial charge on any atom is -0.496 e. The Hall–Kier alpha value is -1.88. The molecule has 0 amide bonds. The average molecular weight is 291 g/mol. The third-order valence-electron chi connectivity index (χ3n) is 4.26. The summed E-state index contributed by atoms with van der Waals surface area (Å²) in [5.41, 5.74) is 1.57. The third kappa shape index (κ3) is 3.24. The van der Waals surface area contributed by atoms with Crippen molar-refractivity contribution in [2.45, 2.75) is 32.9 Å². The first-order valence-electron chi connectivity index (χ1n) is 7.08. The molecule has 1 saturated heterocycles. The first kappa shape index (κ1) is 15.5. The molecule has 1 aromatic rings. The van der Waals surface area contributed by atoms with Gasteiger partial charge < -0.3 is 9.84 Å². The SMILES string of the molecule is COc1ccc(C(C)=O)cc1CN1CCC(C(=O)O)C1C. The molecule has 0 bridgehead atoms. The van der Waals surface area contributed by atoms with Crippen LogP contribution in [0, 0.1) is 5.92 Å².